The quantitative estimate of drug-likeness (QED) is 0.705. The van der Waals surface area contributed by atoms with E-state index >= 15 is 0 Å². The van der Waals surface area contributed by atoms with Crippen molar-refractivity contribution in [1.82, 2.24) is 15.2 Å². The van der Waals surface area contributed by atoms with Crippen LogP contribution in [-0.4, -0.2) is 22.0 Å². The van der Waals surface area contributed by atoms with Crippen LogP contribution < -0.4 is 20.1 Å². The van der Waals surface area contributed by atoms with E-state index in [2.05, 4.69) is 25.8 Å². The molecule has 2 N–H and O–H groups in total. The Morgan fingerprint density at radius 2 is 2.00 bits per heavy atom. The number of anilines is 3. The summed E-state index contributed by atoms with van der Waals surface area (Å²) in [5.41, 5.74) is 2.93. The first-order chi connectivity index (χ1) is 12.7. The van der Waals surface area contributed by atoms with Gasteiger partial charge in [-0.15, -0.1) is 5.10 Å². The van der Waals surface area contributed by atoms with Crippen molar-refractivity contribution in [3.8, 4) is 11.5 Å². The van der Waals surface area contributed by atoms with Crippen molar-refractivity contribution in [3.05, 3.63) is 58.7 Å². The van der Waals surface area contributed by atoms with Crippen LogP contribution in [0.3, 0.4) is 0 Å². The SMILES string of the molecule is Cc1ccc(Cl)cc1Nc1nncc(NCc2ccc3c(c2)OCO3)n1. The van der Waals surface area contributed by atoms with Crippen LogP contribution in [0.2, 0.25) is 5.02 Å². The zero-order valence-electron chi connectivity index (χ0n) is 14.0. The summed E-state index contributed by atoms with van der Waals surface area (Å²) in [7, 11) is 0. The van der Waals surface area contributed by atoms with E-state index < -0.39 is 0 Å². The van der Waals surface area contributed by atoms with E-state index in [9.17, 15) is 0 Å². The van der Waals surface area contributed by atoms with Crippen LogP contribution in [0.5, 0.6) is 11.5 Å². The fourth-order valence-corrected chi connectivity index (χ4v) is 2.71. The van der Waals surface area contributed by atoms with Gasteiger partial charge in [0, 0.05) is 17.3 Å². The van der Waals surface area contributed by atoms with Gasteiger partial charge < -0.3 is 20.1 Å². The highest BCUT2D eigenvalue weighted by Crippen LogP contribution is 2.32. The first-order valence-corrected chi connectivity index (χ1v) is 8.40. The molecule has 3 aromatic rings. The van der Waals surface area contributed by atoms with Crippen molar-refractivity contribution in [2.45, 2.75) is 13.5 Å². The van der Waals surface area contributed by atoms with Crippen LogP contribution >= 0.6 is 11.6 Å². The number of aromatic nitrogens is 3. The molecule has 8 heteroatoms. The van der Waals surface area contributed by atoms with Crippen LogP contribution in [-0.2, 0) is 6.54 Å². The highest BCUT2D eigenvalue weighted by molar-refractivity contribution is 6.30. The maximum Gasteiger partial charge on any atom is 0.249 e. The fourth-order valence-electron chi connectivity index (χ4n) is 2.53. The molecule has 0 spiro atoms. The van der Waals surface area contributed by atoms with Crippen LogP contribution in [0.4, 0.5) is 17.5 Å². The molecule has 132 valence electrons. The molecule has 7 nitrogen and oxygen atoms in total. The molecule has 0 fully saturated rings. The average Bonchev–Trinajstić information content (AvgIpc) is 3.11. The molecule has 2 heterocycles. The van der Waals surface area contributed by atoms with Gasteiger partial charge in [-0.25, -0.2) is 0 Å². The second kappa shape index (κ2) is 7.05. The molecular weight excluding hydrogens is 354 g/mol. The summed E-state index contributed by atoms with van der Waals surface area (Å²) in [6, 6.07) is 11.4. The second-order valence-electron chi connectivity index (χ2n) is 5.79. The first kappa shape index (κ1) is 16.4. The number of nitrogens with zero attached hydrogens (tertiary/aromatic N) is 3. The summed E-state index contributed by atoms with van der Waals surface area (Å²) in [5.74, 6) is 2.52. The van der Waals surface area contributed by atoms with E-state index in [1.54, 1.807) is 6.20 Å². The molecule has 0 saturated heterocycles. The van der Waals surface area contributed by atoms with Crippen LogP contribution in [0, 0.1) is 6.92 Å². The molecule has 0 atom stereocenters. The summed E-state index contributed by atoms with van der Waals surface area (Å²) < 4.78 is 10.7. The number of hydrogen-bond acceptors (Lipinski definition) is 7. The molecule has 1 aliphatic heterocycles. The third kappa shape index (κ3) is 3.62. The van der Waals surface area contributed by atoms with E-state index in [1.165, 1.54) is 0 Å². The molecule has 1 aliphatic rings. The zero-order chi connectivity index (χ0) is 17.9. The first-order valence-electron chi connectivity index (χ1n) is 8.03. The second-order valence-corrected chi connectivity index (χ2v) is 6.23. The van der Waals surface area contributed by atoms with Gasteiger partial charge in [0.2, 0.25) is 12.7 Å². The summed E-state index contributed by atoms with van der Waals surface area (Å²) in [6.45, 7) is 2.82. The minimum absolute atomic E-state index is 0.264. The van der Waals surface area contributed by atoms with Crippen molar-refractivity contribution in [3.63, 3.8) is 0 Å². The van der Waals surface area contributed by atoms with Gasteiger partial charge in [-0.1, -0.05) is 23.7 Å². The molecule has 0 unspecified atom stereocenters. The number of hydrogen-bond donors (Lipinski definition) is 2. The minimum atomic E-state index is 0.264. The Labute approximate surface area is 155 Å². The lowest BCUT2D eigenvalue weighted by Gasteiger charge is -2.10. The molecule has 0 bridgehead atoms. The van der Waals surface area contributed by atoms with Crippen molar-refractivity contribution in [2.24, 2.45) is 0 Å². The van der Waals surface area contributed by atoms with Crippen molar-refractivity contribution in [1.29, 1.82) is 0 Å². The lowest BCUT2D eigenvalue weighted by molar-refractivity contribution is 0.174. The van der Waals surface area contributed by atoms with Crippen molar-refractivity contribution in [2.75, 3.05) is 17.4 Å². The summed E-state index contributed by atoms with van der Waals surface area (Å²) in [6.07, 6.45) is 1.57. The minimum Gasteiger partial charge on any atom is -0.454 e. The highest BCUT2D eigenvalue weighted by Gasteiger charge is 2.13. The molecule has 26 heavy (non-hydrogen) atoms. The van der Waals surface area contributed by atoms with Crippen LogP contribution in [0.1, 0.15) is 11.1 Å². The standard InChI is InChI=1S/C18H16ClN5O2/c1-11-2-4-13(19)7-14(11)22-18-23-17(9-21-24-18)20-8-12-3-5-15-16(6-12)26-10-25-15/h2-7,9H,8,10H2,1H3,(H2,20,22,23,24). The number of rotatable bonds is 5. The van der Waals surface area contributed by atoms with Crippen molar-refractivity contribution < 1.29 is 9.47 Å². The lowest BCUT2D eigenvalue weighted by Crippen LogP contribution is -2.06. The number of nitrogens with one attached hydrogen (secondary N) is 2. The van der Waals surface area contributed by atoms with E-state index in [-0.39, 0.29) is 6.79 Å². The third-order valence-corrected chi connectivity index (χ3v) is 4.15. The summed E-state index contributed by atoms with van der Waals surface area (Å²) >= 11 is 6.04. The number of benzene rings is 2. The maximum absolute atomic E-state index is 6.04. The molecule has 0 aliphatic carbocycles. The average molecular weight is 370 g/mol. The number of fused-ring (bicyclic) bond motifs is 1. The van der Waals surface area contributed by atoms with E-state index in [0.29, 0.717) is 23.3 Å². The van der Waals surface area contributed by atoms with Gasteiger partial charge in [0.05, 0.1) is 6.20 Å². The van der Waals surface area contributed by atoms with Gasteiger partial charge in [0.1, 0.15) is 0 Å². The van der Waals surface area contributed by atoms with Gasteiger partial charge in [-0.2, -0.15) is 10.1 Å². The Hall–Kier alpha value is -3.06. The van der Waals surface area contributed by atoms with Gasteiger partial charge in [-0.05, 0) is 42.3 Å². The molecule has 2 aromatic carbocycles. The van der Waals surface area contributed by atoms with Gasteiger partial charge in [0.15, 0.2) is 17.3 Å². The van der Waals surface area contributed by atoms with Crippen molar-refractivity contribution >= 4 is 29.1 Å². The normalized spacial score (nSPS) is 12.1. The zero-order valence-corrected chi connectivity index (χ0v) is 14.7. The summed E-state index contributed by atoms with van der Waals surface area (Å²) in [5, 5.41) is 15.0. The highest BCUT2D eigenvalue weighted by atomic mass is 35.5. The Bertz CT molecular complexity index is 951. The monoisotopic (exact) mass is 369 g/mol. The number of halogens is 1. The molecule has 1 aromatic heterocycles. The maximum atomic E-state index is 6.04. The van der Waals surface area contributed by atoms with Gasteiger partial charge >= 0.3 is 0 Å². The Balaban J connectivity index is 1.45. The molecule has 0 amide bonds. The van der Waals surface area contributed by atoms with Gasteiger partial charge in [-0.3, -0.25) is 0 Å². The molecule has 4 rings (SSSR count). The molecule has 0 radical (unpaired) electrons. The lowest BCUT2D eigenvalue weighted by atomic mass is 10.2. The molecular formula is C18H16ClN5O2. The largest absolute Gasteiger partial charge is 0.454 e. The molecule has 0 saturated carbocycles. The van der Waals surface area contributed by atoms with Gasteiger partial charge in [0.25, 0.3) is 0 Å². The third-order valence-electron chi connectivity index (χ3n) is 3.92. The Morgan fingerprint density at radius 3 is 2.92 bits per heavy atom. The van der Waals surface area contributed by atoms with E-state index in [4.69, 9.17) is 21.1 Å². The Morgan fingerprint density at radius 1 is 1.12 bits per heavy atom. The van der Waals surface area contributed by atoms with E-state index in [1.807, 2.05) is 43.3 Å². The predicted octanol–water partition coefficient (Wildman–Crippen LogP) is 3.92. The number of aryl methyl sites for hydroxylation is 1. The van der Waals surface area contributed by atoms with Crippen LogP contribution in [0.15, 0.2) is 42.6 Å². The summed E-state index contributed by atoms with van der Waals surface area (Å²) in [4.78, 5) is 4.43. The van der Waals surface area contributed by atoms with E-state index in [0.717, 1.165) is 28.3 Å². The smallest absolute Gasteiger partial charge is 0.249 e. The number of ether oxygens (including phenoxy) is 2. The predicted molar refractivity (Wildman–Crippen MR) is 99.2 cm³/mol. The fraction of sp³-hybridized carbons (Fsp3) is 0.167. The Kier molecular flexibility index (Phi) is 4.45. The van der Waals surface area contributed by atoms with Crippen LogP contribution in [0.25, 0.3) is 0 Å². The topological polar surface area (TPSA) is 81.2 Å².